The molecule has 184 valence electrons. The number of hydrogen-bond donors (Lipinski definition) is 7. The van der Waals surface area contributed by atoms with Gasteiger partial charge in [-0.3, -0.25) is 0 Å². The first-order chi connectivity index (χ1) is 16.6. The van der Waals surface area contributed by atoms with Crippen LogP contribution >= 0.6 is 0 Å². The van der Waals surface area contributed by atoms with E-state index < -0.39 is 41.9 Å². The molecule has 0 aliphatic carbocycles. The van der Waals surface area contributed by atoms with Crippen LogP contribution in [-0.2, 0) is 20.0 Å². The van der Waals surface area contributed by atoms with E-state index >= 15 is 0 Å². The van der Waals surface area contributed by atoms with Crippen LogP contribution in [0.3, 0.4) is 0 Å². The average molecular weight is 520 g/mol. The lowest BCUT2D eigenvalue weighted by Gasteiger charge is -2.20. The van der Waals surface area contributed by atoms with Gasteiger partial charge < -0.3 is 21.8 Å². The first-order valence-corrected chi connectivity index (χ1v) is 13.3. The van der Waals surface area contributed by atoms with Gasteiger partial charge in [-0.25, -0.2) is 31.7 Å². The van der Waals surface area contributed by atoms with Crippen molar-refractivity contribution in [2.75, 3.05) is 18.8 Å². The van der Waals surface area contributed by atoms with E-state index in [2.05, 4.69) is 40.6 Å². The Morgan fingerprint density at radius 3 is 2.51 bits per heavy atom. The smallest absolute Gasteiger partial charge is 0.242 e. The highest BCUT2D eigenvalue weighted by atomic mass is 32.2. The SMILES string of the molecule is Nc1nc2c(-c3ccc(S(=O)(=O)N[C@@H]4CNC[C@H]4N)c(S(N)(=O)=O)c3-c3nn[nH]n3)cccc2[nH]1. The first-order valence-electron chi connectivity index (χ1n) is 10.2. The van der Waals surface area contributed by atoms with Crippen molar-refractivity contribution in [1.82, 2.24) is 40.6 Å². The van der Waals surface area contributed by atoms with Crippen LogP contribution in [0.25, 0.3) is 33.5 Å². The molecule has 0 amide bonds. The predicted molar refractivity (Wildman–Crippen MR) is 125 cm³/mol. The van der Waals surface area contributed by atoms with Crippen molar-refractivity contribution in [1.29, 1.82) is 0 Å². The normalized spacial score (nSPS) is 18.9. The van der Waals surface area contributed by atoms with Gasteiger partial charge in [-0.1, -0.05) is 18.2 Å². The number of tetrazole rings is 1. The Hall–Kier alpha value is -3.48. The second kappa shape index (κ2) is 8.33. The molecule has 3 heterocycles. The Bertz CT molecular complexity index is 1630. The van der Waals surface area contributed by atoms with E-state index in [4.69, 9.17) is 16.6 Å². The van der Waals surface area contributed by atoms with Crippen LogP contribution in [0.5, 0.6) is 0 Å². The largest absolute Gasteiger partial charge is 0.369 e. The highest BCUT2D eigenvalue weighted by Gasteiger charge is 2.35. The van der Waals surface area contributed by atoms with Gasteiger partial charge in [0.25, 0.3) is 0 Å². The molecular weight excluding hydrogens is 498 g/mol. The summed E-state index contributed by atoms with van der Waals surface area (Å²) < 4.78 is 55.0. The van der Waals surface area contributed by atoms with Gasteiger partial charge >= 0.3 is 0 Å². The van der Waals surface area contributed by atoms with Gasteiger partial charge in [0.05, 0.1) is 22.6 Å². The fourth-order valence-electron chi connectivity index (χ4n) is 4.13. The van der Waals surface area contributed by atoms with E-state index in [1.165, 1.54) is 6.07 Å². The maximum atomic E-state index is 13.4. The molecule has 0 spiro atoms. The Morgan fingerprint density at radius 2 is 1.86 bits per heavy atom. The topological polar surface area (TPSA) is 254 Å². The molecule has 4 aromatic rings. The number of benzene rings is 2. The van der Waals surface area contributed by atoms with Crippen molar-refractivity contribution in [2.45, 2.75) is 21.9 Å². The number of primary sulfonamides is 1. The third-order valence-electron chi connectivity index (χ3n) is 5.65. The van der Waals surface area contributed by atoms with Crippen LogP contribution < -0.4 is 26.6 Å². The van der Waals surface area contributed by atoms with E-state index in [1.54, 1.807) is 18.2 Å². The van der Waals surface area contributed by atoms with Crippen LogP contribution in [0.1, 0.15) is 0 Å². The number of rotatable bonds is 6. The van der Waals surface area contributed by atoms with Gasteiger partial charge in [0.15, 0.2) is 5.95 Å². The Labute approximate surface area is 199 Å². The third-order valence-corrected chi connectivity index (χ3v) is 8.31. The number of nitrogens with one attached hydrogen (secondary N) is 4. The molecule has 2 atom stereocenters. The molecule has 0 radical (unpaired) electrons. The number of H-pyrrole nitrogens is 2. The second-order valence-corrected chi connectivity index (χ2v) is 11.2. The highest BCUT2D eigenvalue weighted by molar-refractivity contribution is 7.92. The molecular formula is C18H21N11O4S2. The summed E-state index contributed by atoms with van der Waals surface area (Å²) in [5.74, 6) is -0.0361. The van der Waals surface area contributed by atoms with E-state index in [9.17, 15) is 16.8 Å². The Kier molecular flexibility index (Phi) is 5.54. The maximum absolute atomic E-state index is 13.4. The van der Waals surface area contributed by atoms with Crippen LogP contribution in [0, 0.1) is 0 Å². The number of nitrogens with two attached hydrogens (primary N) is 3. The summed E-state index contributed by atoms with van der Waals surface area (Å²) >= 11 is 0. The molecule has 0 unspecified atom stereocenters. The van der Waals surface area contributed by atoms with Gasteiger partial charge in [-0.05, 0) is 22.9 Å². The minimum Gasteiger partial charge on any atom is -0.369 e. The van der Waals surface area contributed by atoms with E-state index in [1.807, 2.05) is 0 Å². The molecule has 10 N–H and O–H groups in total. The molecule has 17 heteroatoms. The van der Waals surface area contributed by atoms with E-state index in [0.29, 0.717) is 23.1 Å². The van der Waals surface area contributed by atoms with Crippen LogP contribution in [0.15, 0.2) is 40.1 Å². The molecule has 1 saturated heterocycles. The van der Waals surface area contributed by atoms with E-state index in [-0.39, 0.29) is 29.4 Å². The first kappa shape index (κ1) is 23.3. The van der Waals surface area contributed by atoms with Crippen LogP contribution in [0.2, 0.25) is 0 Å². The van der Waals surface area contributed by atoms with Gasteiger partial charge in [0.1, 0.15) is 9.79 Å². The summed E-state index contributed by atoms with van der Waals surface area (Å²) in [6, 6.07) is 6.55. The molecule has 1 aliphatic rings. The zero-order valence-electron chi connectivity index (χ0n) is 17.9. The Balaban J connectivity index is 1.81. The molecule has 5 rings (SSSR count). The molecule has 1 aliphatic heterocycles. The number of aromatic amines is 2. The number of aromatic nitrogens is 6. The van der Waals surface area contributed by atoms with E-state index in [0.717, 1.165) is 6.07 Å². The molecule has 15 nitrogen and oxygen atoms in total. The van der Waals surface area contributed by atoms with Crippen molar-refractivity contribution >= 4 is 37.0 Å². The quantitative estimate of drug-likeness (QED) is 0.150. The van der Waals surface area contributed by atoms with Crippen LogP contribution in [-0.4, -0.2) is 72.6 Å². The average Bonchev–Trinajstić information content (AvgIpc) is 3.53. The monoisotopic (exact) mass is 519 g/mol. The number of nitrogen functional groups attached to an aromatic ring is 1. The molecule has 0 bridgehead atoms. The second-order valence-electron chi connectivity index (χ2n) is 7.97. The van der Waals surface area contributed by atoms with Crippen molar-refractivity contribution in [3.63, 3.8) is 0 Å². The minimum absolute atomic E-state index is 0.144. The van der Waals surface area contributed by atoms with Gasteiger partial charge in [-0.15, -0.1) is 10.2 Å². The number of anilines is 1. The van der Waals surface area contributed by atoms with Crippen LogP contribution in [0.4, 0.5) is 5.95 Å². The van der Waals surface area contributed by atoms with Gasteiger partial charge in [-0.2, -0.15) is 5.21 Å². The van der Waals surface area contributed by atoms with Gasteiger partial charge in [0.2, 0.25) is 25.9 Å². The maximum Gasteiger partial charge on any atom is 0.242 e. The lowest BCUT2D eigenvalue weighted by Crippen LogP contribution is -2.46. The summed E-state index contributed by atoms with van der Waals surface area (Å²) in [5, 5.41) is 22.1. The zero-order valence-corrected chi connectivity index (χ0v) is 19.6. The van der Waals surface area contributed by atoms with Gasteiger partial charge in [0, 0.05) is 24.7 Å². The molecule has 35 heavy (non-hydrogen) atoms. The summed E-state index contributed by atoms with van der Waals surface area (Å²) in [6.45, 7) is 0.683. The van der Waals surface area contributed by atoms with Crippen molar-refractivity contribution in [3.8, 4) is 22.5 Å². The number of fused-ring (bicyclic) bond motifs is 1. The lowest BCUT2D eigenvalue weighted by molar-refractivity contribution is 0.536. The lowest BCUT2D eigenvalue weighted by atomic mass is 9.98. The van der Waals surface area contributed by atoms with Crippen molar-refractivity contribution in [3.05, 3.63) is 30.3 Å². The molecule has 2 aromatic carbocycles. The number of sulfonamides is 2. The fourth-order valence-corrected chi connectivity index (χ4v) is 7.02. The highest BCUT2D eigenvalue weighted by Crippen LogP contribution is 2.40. The summed E-state index contributed by atoms with van der Waals surface area (Å²) in [7, 11) is -9.04. The third kappa shape index (κ3) is 4.13. The minimum atomic E-state index is -4.64. The fraction of sp³-hybridized carbons (Fsp3) is 0.222. The summed E-state index contributed by atoms with van der Waals surface area (Å²) in [4.78, 5) is 5.91. The number of para-hydroxylation sites is 1. The molecule has 1 fully saturated rings. The number of imidazole rings is 1. The summed E-state index contributed by atoms with van der Waals surface area (Å²) in [5.41, 5.74) is 13.3. The molecule has 2 aromatic heterocycles. The summed E-state index contributed by atoms with van der Waals surface area (Å²) in [6.07, 6.45) is 0. The predicted octanol–water partition coefficient (Wildman–Crippen LogP) is -1.78. The number of hydrogen-bond acceptors (Lipinski definition) is 11. The van der Waals surface area contributed by atoms with Crippen molar-refractivity contribution < 1.29 is 16.8 Å². The van der Waals surface area contributed by atoms with Crippen molar-refractivity contribution in [2.24, 2.45) is 10.9 Å². The molecule has 0 saturated carbocycles. The Morgan fingerprint density at radius 1 is 1.06 bits per heavy atom. The zero-order chi connectivity index (χ0) is 25.0. The number of nitrogens with zero attached hydrogens (tertiary/aromatic N) is 4. The standard InChI is InChI=1S/C18H21N11O4S2/c19-10-6-22-7-12(10)27-35(32,33)13-5-4-8(9-2-1-3-11-15(9)24-18(20)23-11)14(16(13)34(21,30)31)17-25-28-29-26-17/h1-5,10,12,22,27H,6-7,19H2,(H3,20,23,24)(H2,21,30,31)(H,25,26,28,29)/t10-,12-/m1/s1.